The number of carboxylic acids is 1. The number of aliphatic hydroxyl groups excluding tert-OH is 1. The van der Waals surface area contributed by atoms with Crippen LogP contribution in [0.1, 0.15) is 33.2 Å². The van der Waals surface area contributed by atoms with Gasteiger partial charge in [-0.05, 0) is 41.5 Å². The molecule has 4 amide bonds. The van der Waals surface area contributed by atoms with E-state index < -0.39 is 48.5 Å². The van der Waals surface area contributed by atoms with Crippen molar-refractivity contribution in [1.29, 1.82) is 0 Å². The topological polar surface area (TPSA) is 152 Å². The third-order valence-corrected chi connectivity index (χ3v) is 7.63. The monoisotopic (exact) mass is 554 g/mol. The van der Waals surface area contributed by atoms with Gasteiger partial charge in [0.25, 0.3) is 11.8 Å². The molecule has 0 aliphatic carbocycles. The Morgan fingerprint density at radius 1 is 1.07 bits per heavy atom. The van der Waals surface area contributed by atoms with E-state index in [4.69, 9.17) is 4.74 Å². The van der Waals surface area contributed by atoms with Gasteiger partial charge in [0.1, 0.15) is 17.8 Å². The molecule has 3 atom stereocenters. The fourth-order valence-electron chi connectivity index (χ4n) is 5.74. The van der Waals surface area contributed by atoms with Crippen LogP contribution in [0.2, 0.25) is 0 Å². The van der Waals surface area contributed by atoms with E-state index in [1.807, 2.05) is 42.5 Å². The van der Waals surface area contributed by atoms with Gasteiger partial charge in [-0.25, -0.2) is 14.5 Å². The Balaban J connectivity index is 1.46. The van der Waals surface area contributed by atoms with Crippen LogP contribution in [0.15, 0.2) is 72.8 Å². The summed E-state index contributed by atoms with van der Waals surface area (Å²) in [5.74, 6) is -2.17. The molecule has 0 radical (unpaired) electrons. The first-order chi connectivity index (χ1) is 19.8. The average Bonchev–Trinajstić information content (AvgIpc) is 3.48. The lowest BCUT2D eigenvalue weighted by molar-refractivity contribution is -0.140. The molecule has 4 aromatic rings. The number of aliphatic carboxylic acids is 1. The summed E-state index contributed by atoms with van der Waals surface area (Å²) >= 11 is 0. The third-order valence-electron chi connectivity index (χ3n) is 7.63. The van der Waals surface area contributed by atoms with Crippen molar-refractivity contribution >= 4 is 40.4 Å². The maximum Gasteiger partial charge on any atom is 0.332 e. The SMILES string of the molecule is COc1cccc([C@H]2c3[nH]c4ccccc4c3C[C@H]3C(=O)N(c4ccccc4C(=O)N[C@@H](CO)C(=O)O)C(=O)N23)c1. The number of ether oxygens (including phenoxy) is 1. The Kier molecular flexibility index (Phi) is 6.43. The highest BCUT2D eigenvalue weighted by molar-refractivity contribution is 6.24. The van der Waals surface area contributed by atoms with Gasteiger partial charge in [0, 0.05) is 23.0 Å². The summed E-state index contributed by atoms with van der Waals surface area (Å²) in [7, 11) is 1.55. The molecule has 0 bridgehead atoms. The van der Waals surface area contributed by atoms with Crippen LogP contribution < -0.4 is 15.0 Å². The molecule has 208 valence electrons. The average molecular weight is 555 g/mol. The zero-order chi connectivity index (χ0) is 28.8. The Bertz CT molecular complexity index is 1710. The number of hydrogen-bond acceptors (Lipinski definition) is 6. The number of nitrogens with zero attached hydrogens (tertiary/aromatic N) is 2. The normalized spacial score (nSPS) is 18.7. The maximum absolute atomic E-state index is 14.2. The number of carboxylic acid groups (broad SMARTS) is 1. The van der Waals surface area contributed by atoms with E-state index in [0.29, 0.717) is 5.75 Å². The van der Waals surface area contributed by atoms with E-state index >= 15 is 0 Å². The van der Waals surface area contributed by atoms with Crippen LogP contribution in [0.3, 0.4) is 0 Å². The number of imide groups is 1. The van der Waals surface area contributed by atoms with E-state index in [0.717, 1.165) is 32.6 Å². The zero-order valence-electron chi connectivity index (χ0n) is 21.9. The van der Waals surface area contributed by atoms with Crippen molar-refractivity contribution in [2.75, 3.05) is 18.6 Å². The van der Waals surface area contributed by atoms with Gasteiger partial charge in [0.2, 0.25) is 0 Å². The second-order valence-corrected chi connectivity index (χ2v) is 9.89. The molecule has 0 unspecified atom stereocenters. The fourth-order valence-corrected chi connectivity index (χ4v) is 5.74. The summed E-state index contributed by atoms with van der Waals surface area (Å²) in [6, 6.07) is 17.4. The summed E-state index contributed by atoms with van der Waals surface area (Å²) in [4.78, 5) is 58.7. The van der Waals surface area contributed by atoms with Crippen molar-refractivity contribution in [3.63, 3.8) is 0 Å². The molecule has 1 aromatic heterocycles. The molecule has 4 N–H and O–H groups in total. The van der Waals surface area contributed by atoms with Gasteiger partial charge in [-0.15, -0.1) is 0 Å². The second kappa shape index (κ2) is 10.1. The van der Waals surface area contributed by atoms with Crippen LogP contribution in [0.5, 0.6) is 5.75 Å². The van der Waals surface area contributed by atoms with Gasteiger partial charge in [0.05, 0.1) is 25.0 Å². The number of amides is 4. The van der Waals surface area contributed by atoms with Crippen LogP contribution in [0.4, 0.5) is 10.5 Å². The molecule has 0 spiro atoms. The minimum absolute atomic E-state index is 0.0226. The number of carbonyl (C=O) groups is 4. The predicted molar refractivity (Wildman–Crippen MR) is 148 cm³/mol. The largest absolute Gasteiger partial charge is 0.497 e. The number of rotatable bonds is 7. The molecule has 3 heterocycles. The predicted octanol–water partition coefficient (Wildman–Crippen LogP) is 2.83. The number of anilines is 1. The number of aromatic amines is 1. The molecule has 1 saturated heterocycles. The van der Waals surface area contributed by atoms with Gasteiger partial charge < -0.3 is 25.3 Å². The number of hydrogen-bond donors (Lipinski definition) is 4. The molecule has 1 fully saturated rings. The quantitative estimate of drug-likeness (QED) is 0.256. The Morgan fingerprint density at radius 2 is 1.83 bits per heavy atom. The van der Waals surface area contributed by atoms with Gasteiger partial charge in [-0.3, -0.25) is 14.5 Å². The maximum atomic E-state index is 14.2. The molecule has 2 aliphatic heterocycles. The van der Waals surface area contributed by atoms with Crippen LogP contribution in [-0.4, -0.2) is 69.7 Å². The van der Waals surface area contributed by atoms with E-state index in [9.17, 15) is 29.4 Å². The minimum Gasteiger partial charge on any atom is -0.497 e. The fraction of sp³-hybridized carbons (Fsp3) is 0.200. The molecule has 6 rings (SSSR count). The molecule has 0 saturated carbocycles. The van der Waals surface area contributed by atoms with Crippen molar-refractivity contribution in [2.45, 2.75) is 24.5 Å². The third kappa shape index (κ3) is 4.18. The van der Waals surface area contributed by atoms with Crippen molar-refractivity contribution in [2.24, 2.45) is 0 Å². The van der Waals surface area contributed by atoms with E-state index in [1.165, 1.54) is 17.0 Å². The minimum atomic E-state index is -1.55. The zero-order valence-corrected chi connectivity index (χ0v) is 21.9. The van der Waals surface area contributed by atoms with Crippen molar-refractivity contribution < 1.29 is 34.1 Å². The summed E-state index contributed by atoms with van der Waals surface area (Å²) in [6.45, 7) is -0.825. The number of methoxy groups -OCH3 is 1. The second-order valence-electron chi connectivity index (χ2n) is 9.89. The highest BCUT2D eigenvalue weighted by atomic mass is 16.5. The summed E-state index contributed by atoms with van der Waals surface area (Å²) in [5.41, 5.74) is 3.29. The number of para-hydroxylation sites is 2. The molecule has 41 heavy (non-hydrogen) atoms. The van der Waals surface area contributed by atoms with E-state index in [1.54, 1.807) is 25.3 Å². The van der Waals surface area contributed by atoms with Crippen LogP contribution in [0.25, 0.3) is 10.9 Å². The number of nitrogens with one attached hydrogen (secondary N) is 2. The number of benzene rings is 3. The number of aliphatic hydroxyl groups is 1. The first-order valence-electron chi connectivity index (χ1n) is 13.0. The van der Waals surface area contributed by atoms with Crippen LogP contribution in [0, 0.1) is 0 Å². The Labute approximate surface area is 233 Å². The summed E-state index contributed by atoms with van der Waals surface area (Å²) < 4.78 is 5.45. The highest BCUT2D eigenvalue weighted by Gasteiger charge is 2.53. The Hall–Kier alpha value is -5.16. The van der Waals surface area contributed by atoms with E-state index in [-0.39, 0.29) is 17.7 Å². The van der Waals surface area contributed by atoms with Crippen molar-refractivity contribution in [3.05, 3.63) is 95.2 Å². The van der Waals surface area contributed by atoms with Crippen LogP contribution >= 0.6 is 0 Å². The first kappa shape index (κ1) is 26.1. The van der Waals surface area contributed by atoms with E-state index in [2.05, 4.69) is 10.3 Å². The van der Waals surface area contributed by atoms with Crippen molar-refractivity contribution in [1.82, 2.24) is 15.2 Å². The lowest BCUT2D eigenvalue weighted by atomic mass is 9.89. The summed E-state index contributed by atoms with van der Waals surface area (Å²) in [6.07, 6.45) is 0.265. The summed E-state index contributed by atoms with van der Waals surface area (Å²) in [5, 5.41) is 21.9. The number of carbonyl (C=O) groups excluding carboxylic acids is 3. The van der Waals surface area contributed by atoms with Gasteiger partial charge in [-0.2, -0.15) is 0 Å². The van der Waals surface area contributed by atoms with Gasteiger partial charge >= 0.3 is 12.0 Å². The smallest absolute Gasteiger partial charge is 0.332 e. The lowest BCUT2D eigenvalue weighted by Gasteiger charge is -2.36. The molecule has 11 nitrogen and oxygen atoms in total. The van der Waals surface area contributed by atoms with Crippen molar-refractivity contribution in [3.8, 4) is 5.75 Å². The Morgan fingerprint density at radius 3 is 2.59 bits per heavy atom. The number of fused-ring (bicyclic) bond motifs is 4. The first-order valence-corrected chi connectivity index (χ1v) is 13.0. The standard InChI is InChI=1S/C30H26N4O7/c1-41-17-8-6-7-16(13-17)26-25-20(18-9-2-4-11-21(18)31-25)14-24-28(37)34(30(40)33(24)26)23-12-5-3-10-19(23)27(36)32-22(15-35)29(38)39/h2-13,22,24,26,31,35H,14-15H2,1H3,(H,32,36)(H,38,39)/t22-,24-,26-/m0/s1. The molecular weight excluding hydrogens is 528 g/mol. The lowest BCUT2D eigenvalue weighted by Crippen LogP contribution is -2.44. The number of aromatic nitrogens is 1. The highest BCUT2D eigenvalue weighted by Crippen LogP contribution is 2.45. The molecular formula is C30H26N4O7. The molecule has 2 aliphatic rings. The number of urea groups is 1. The molecule has 3 aromatic carbocycles. The molecule has 11 heteroatoms. The van der Waals surface area contributed by atoms with Gasteiger partial charge in [0.15, 0.2) is 6.04 Å². The van der Waals surface area contributed by atoms with Gasteiger partial charge in [-0.1, -0.05) is 42.5 Å². The number of H-pyrrole nitrogens is 1. The van der Waals surface area contributed by atoms with Crippen LogP contribution in [-0.2, 0) is 16.0 Å².